The molecule has 2 N–H and O–H groups in total. The summed E-state index contributed by atoms with van der Waals surface area (Å²) in [6, 6.07) is 9.59. The first kappa shape index (κ1) is 23.4. The Kier molecular flexibility index (Phi) is 9.22. The highest BCUT2D eigenvalue weighted by atomic mass is 35.5. The Morgan fingerprint density at radius 2 is 1.96 bits per heavy atom. The molecular weight excluding hydrogens is 385 g/mol. The maximum absolute atomic E-state index is 12.7. The fourth-order valence-corrected chi connectivity index (χ4v) is 3.55. The number of hydrogen-bond acceptors (Lipinski definition) is 4. The summed E-state index contributed by atoms with van der Waals surface area (Å²) in [6.07, 6.45) is 2.51. The van der Waals surface area contributed by atoms with Crippen molar-refractivity contribution in [1.82, 2.24) is 19.7 Å². The van der Waals surface area contributed by atoms with Crippen LogP contribution in [0.3, 0.4) is 0 Å². The molecule has 0 spiro atoms. The Balaban J connectivity index is 0.00000182. The van der Waals surface area contributed by atoms with Crippen LogP contribution in [0, 0.1) is 19.8 Å². The summed E-state index contributed by atoms with van der Waals surface area (Å²) >= 11 is 0. The first-order valence-corrected chi connectivity index (χ1v) is 8.99. The van der Waals surface area contributed by atoms with Crippen LogP contribution in [-0.4, -0.2) is 38.7 Å². The Morgan fingerprint density at radius 3 is 2.59 bits per heavy atom. The van der Waals surface area contributed by atoms with Crippen molar-refractivity contribution in [1.29, 1.82) is 0 Å². The molecule has 1 fully saturated rings. The first-order valence-electron chi connectivity index (χ1n) is 8.99. The lowest BCUT2D eigenvalue weighted by atomic mass is 9.96. The second-order valence-corrected chi connectivity index (χ2v) is 6.96. The average molecular weight is 414 g/mol. The van der Waals surface area contributed by atoms with Crippen molar-refractivity contribution in [3.63, 3.8) is 0 Å². The fraction of sp³-hybridized carbons (Fsp3) is 0.526. The predicted molar refractivity (Wildman–Crippen MR) is 111 cm³/mol. The van der Waals surface area contributed by atoms with Crippen molar-refractivity contribution in [2.45, 2.75) is 45.7 Å². The fourth-order valence-electron chi connectivity index (χ4n) is 3.55. The van der Waals surface area contributed by atoms with E-state index in [0.717, 1.165) is 49.7 Å². The predicted octanol–water partition coefficient (Wildman–Crippen LogP) is 3.07. The Bertz CT molecular complexity index is 722. The number of halogens is 2. The summed E-state index contributed by atoms with van der Waals surface area (Å²) in [4.78, 5) is 19.0. The van der Waals surface area contributed by atoms with Gasteiger partial charge in [0.2, 0.25) is 5.91 Å². The summed E-state index contributed by atoms with van der Waals surface area (Å²) in [5, 5.41) is 4.44. The van der Waals surface area contributed by atoms with Gasteiger partial charge in [0.05, 0.1) is 0 Å². The Labute approximate surface area is 173 Å². The molecule has 2 unspecified atom stereocenters. The molecular formula is C19H29Cl2N5O. The number of likely N-dealkylation sites (tertiary alicyclic amines) is 1. The van der Waals surface area contributed by atoms with Gasteiger partial charge in [-0.15, -0.1) is 24.8 Å². The highest BCUT2D eigenvalue weighted by molar-refractivity contribution is 5.85. The van der Waals surface area contributed by atoms with Crippen molar-refractivity contribution in [2.75, 3.05) is 13.1 Å². The van der Waals surface area contributed by atoms with Gasteiger partial charge in [0.15, 0.2) is 0 Å². The summed E-state index contributed by atoms with van der Waals surface area (Å²) < 4.78 is 1.96. The first-order chi connectivity index (χ1) is 12.0. The van der Waals surface area contributed by atoms with Crippen LogP contribution in [0.25, 0.3) is 0 Å². The summed E-state index contributed by atoms with van der Waals surface area (Å²) in [6.45, 7) is 6.31. The van der Waals surface area contributed by atoms with Crippen LogP contribution in [0.4, 0.5) is 0 Å². The van der Waals surface area contributed by atoms with Gasteiger partial charge in [-0.1, -0.05) is 30.3 Å². The van der Waals surface area contributed by atoms with Gasteiger partial charge in [-0.05, 0) is 38.2 Å². The Hall–Kier alpha value is -1.63. The van der Waals surface area contributed by atoms with E-state index in [9.17, 15) is 4.79 Å². The molecule has 6 nitrogen and oxygen atoms in total. The van der Waals surface area contributed by atoms with E-state index in [4.69, 9.17) is 5.73 Å². The molecule has 2 aromatic rings. The molecule has 1 aliphatic heterocycles. The van der Waals surface area contributed by atoms with Crippen LogP contribution < -0.4 is 5.73 Å². The van der Waals surface area contributed by atoms with E-state index in [-0.39, 0.29) is 36.8 Å². The van der Waals surface area contributed by atoms with Crippen LogP contribution in [0.2, 0.25) is 0 Å². The number of amides is 1. The van der Waals surface area contributed by atoms with Crippen molar-refractivity contribution in [3.8, 4) is 0 Å². The van der Waals surface area contributed by atoms with Crippen molar-refractivity contribution >= 4 is 30.7 Å². The van der Waals surface area contributed by atoms with E-state index in [1.807, 2.05) is 53.8 Å². The Morgan fingerprint density at radius 1 is 1.26 bits per heavy atom. The molecule has 1 aromatic heterocycles. The number of piperidine rings is 1. The van der Waals surface area contributed by atoms with Gasteiger partial charge in [-0.2, -0.15) is 5.10 Å². The number of carbonyl (C=O) groups is 1. The molecule has 27 heavy (non-hydrogen) atoms. The van der Waals surface area contributed by atoms with Crippen molar-refractivity contribution < 1.29 is 4.79 Å². The lowest BCUT2D eigenvalue weighted by Crippen LogP contribution is -2.42. The van der Waals surface area contributed by atoms with Crippen LogP contribution in [-0.2, 0) is 11.3 Å². The van der Waals surface area contributed by atoms with E-state index >= 15 is 0 Å². The quantitative estimate of drug-likeness (QED) is 0.816. The highest BCUT2D eigenvalue weighted by Gasteiger charge is 2.26. The lowest BCUT2D eigenvalue weighted by Gasteiger charge is -2.33. The molecule has 3 rings (SSSR count). The molecule has 1 aromatic carbocycles. The van der Waals surface area contributed by atoms with Gasteiger partial charge in [0, 0.05) is 32.1 Å². The number of rotatable bonds is 5. The summed E-state index contributed by atoms with van der Waals surface area (Å²) in [5.74, 6) is 2.31. The van der Waals surface area contributed by atoms with E-state index in [1.165, 1.54) is 0 Å². The van der Waals surface area contributed by atoms with E-state index in [2.05, 4.69) is 10.1 Å². The van der Waals surface area contributed by atoms with Gasteiger partial charge in [0.1, 0.15) is 11.6 Å². The number of aromatic nitrogens is 3. The summed E-state index contributed by atoms with van der Waals surface area (Å²) in [7, 11) is 0. The molecule has 1 saturated heterocycles. The lowest BCUT2D eigenvalue weighted by molar-refractivity contribution is -0.133. The molecule has 150 valence electrons. The second kappa shape index (κ2) is 10.6. The van der Waals surface area contributed by atoms with Crippen molar-refractivity contribution in [3.05, 3.63) is 47.5 Å². The normalized spacial score (nSPS) is 17.6. The minimum atomic E-state index is -0.241. The molecule has 2 atom stereocenters. The zero-order valence-electron chi connectivity index (χ0n) is 15.9. The smallest absolute Gasteiger partial charge is 0.224 e. The minimum Gasteiger partial charge on any atom is -0.342 e. The molecule has 0 bridgehead atoms. The largest absolute Gasteiger partial charge is 0.342 e. The zero-order chi connectivity index (χ0) is 17.8. The number of nitrogens with zero attached hydrogens (tertiary/aromatic N) is 4. The second-order valence-electron chi connectivity index (χ2n) is 6.96. The molecule has 0 radical (unpaired) electrons. The third-order valence-corrected chi connectivity index (χ3v) is 4.89. The number of hydrogen-bond donors (Lipinski definition) is 1. The van der Waals surface area contributed by atoms with Crippen LogP contribution in [0.15, 0.2) is 30.3 Å². The van der Waals surface area contributed by atoms with Crippen LogP contribution >= 0.6 is 24.8 Å². The van der Waals surface area contributed by atoms with Gasteiger partial charge in [-0.3, -0.25) is 4.79 Å². The van der Waals surface area contributed by atoms with Crippen molar-refractivity contribution in [2.24, 2.45) is 11.7 Å². The molecule has 2 heterocycles. The average Bonchev–Trinajstić information content (AvgIpc) is 2.93. The van der Waals surface area contributed by atoms with E-state index < -0.39 is 0 Å². The molecule has 1 amide bonds. The van der Waals surface area contributed by atoms with Gasteiger partial charge < -0.3 is 10.6 Å². The van der Waals surface area contributed by atoms with Crippen LogP contribution in [0.1, 0.15) is 42.5 Å². The molecule has 1 aliphatic rings. The van der Waals surface area contributed by atoms with E-state index in [1.54, 1.807) is 0 Å². The zero-order valence-corrected chi connectivity index (χ0v) is 17.5. The standard InChI is InChI=1S/C19H27N5O.2ClH/c1-14-21-15(2)24(22-14)13-16-7-6-10-23(12-16)19(25)11-18(20)17-8-4-3-5-9-17;;/h3-5,8-9,16,18H,6-7,10-13,20H2,1-2H3;2*1H. The number of nitrogens with two attached hydrogens (primary N) is 1. The van der Waals surface area contributed by atoms with E-state index in [0.29, 0.717) is 12.3 Å². The van der Waals surface area contributed by atoms with Gasteiger partial charge in [0.25, 0.3) is 0 Å². The van der Waals surface area contributed by atoms with Gasteiger partial charge >= 0.3 is 0 Å². The van der Waals surface area contributed by atoms with Crippen LogP contribution in [0.5, 0.6) is 0 Å². The van der Waals surface area contributed by atoms with Gasteiger partial charge in [-0.25, -0.2) is 9.67 Å². The summed E-state index contributed by atoms with van der Waals surface area (Å²) in [5.41, 5.74) is 7.23. The molecule has 0 aliphatic carbocycles. The third kappa shape index (κ3) is 6.19. The highest BCUT2D eigenvalue weighted by Crippen LogP contribution is 2.21. The SMILES string of the molecule is Cc1nc(C)n(CC2CCCN(C(=O)CC(N)c3ccccc3)C2)n1.Cl.Cl. The molecule has 8 heteroatoms. The minimum absolute atomic E-state index is 0. The monoisotopic (exact) mass is 413 g/mol. The molecule has 0 saturated carbocycles. The third-order valence-electron chi connectivity index (χ3n) is 4.89. The number of benzene rings is 1. The maximum atomic E-state index is 12.7. The number of aryl methyl sites for hydroxylation is 2. The topological polar surface area (TPSA) is 77.0 Å². The maximum Gasteiger partial charge on any atom is 0.224 e. The number of carbonyl (C=O) groups excluding carboxylic acids is 1.